The first kappa shape index (κ1) is 12.9. The molecule has 0 atom stereocenters. The lowest BCUT2D eigenvalue weighted by Gasteiger charge is -2.07. The number of H-pyrrole nitrogens is 1. The van der Waals surface area contributed by atoms with Gasteiger partial charge in [-0.15, -0.1) is 0 Å². The Kier molecular flexibility index (Phi) is 2.87. The Morgan fingerprint density at radius 1 is 1.14 bits per heavy atom. The Labute approximate surface area is 130 Å². The zero-order valence-corrected chi connectivity index (χ0v) is 12.6. The first-order chi connectivity index (χ1) is 10.7. The van der Waals surface area contributed by atoms with Gasteiger partial charge in [0, 0.05) is 0 Å². The Bertz CT molecular complexity index is 975. The lowest BCUT2D eigenvalue weighted by Crippen LogP contribution is -1.93. The average Bonchev–Trinajstić information content (AvgIpc) is 3.09. The lowest BCUT2D eigenvalue weighted by atomic mass is 10.3. The van der Waals surface area contributed by atoms with E-state index in [4.69, 9.17) is 10.5 Å². The van der Waals surface area contributed by atoms with Crippen molar-refractivity contribution in [3.05, 3.63) is 36.4 Å². The van der Waals surface area contributed by atoms with Crippen LogP contribution >= 0.6 is 11.3 Å². The maximum Gasteiger partial charge on any atom is 0.198 e. The first-order valence-corrected chi connectivity index (χ1v) is 7.51. The summed E-state index contributed by atoms with van der Waals surface area (Å²) < 4.78 is 6.40. The van der Waals surface area contributed by atoms with E-state index in [1.807, 2.05) is 36.4 Å². The fraction of sp³-hybridized carbons (Fsp3) is 0.0667. The highest BCUT2D eigenvalue weighted by Crippen LogP contribution is 2.34. The van der Waals surface area contributed by atoms with Gasteiger partial charge in [-0.1, -0.05) is 23.5 Å². The van der Waals surface area contributed by atoms with Gasteiger partial charge in [0.15, 0.2) is 11.1 Å². The number of imidazole rings is 1. The standard InChI is InChI=1S/C15H13N5OS/c1-21-10-5-3-2-4-8(10)18-15-20-13-11(22-15)7-6-9-12(13)19-14(16)17-9/h2-7H,1H3,(H,18,20)(H3,16,17,19). The zero-order valence-electron chi connectivity index (χ0n) is 11.8. The minimum absolute atomic E-state index is 0.398. The second-order valence-electron chi connectivity index (χ2n) is 4.77. The number of aromatic amines is 1. The van der Waals surface area contributed by atoms with E-state index in [2.05, 4.69) is 20.3 Å². The normalized spacial score (nSPS) is 11.1. The molecule has 4 N–H and O–H groups in total. The zero-order chi connectivity index (χ0) is 15.1. The number of ether oxygens (including phenoxy) is 1. The molecule has 2 heterocycles. The van der Waals surface area contributed by atoms with Gasteiger partial charge in [0.1, 0.15) is 16.8 Å². The van der Waals surface area contributed by atoms with Gasteiger partial charge in [0.2, 0.25) is 0 Å². The van der Waals surface area contributed by atoms with Crippen LogP contribution < -0.4 is 15.8 Å². The summed E-state index contributed by atoms with van der Waals surface area (Å²) in [5, 5.41) is 4.08. The number of rotatable bonds is 3. The summed E-state index contributed by atoms with van der Waals surface area (Å²) in [4.78, 5) is 12.0. The average molecular weight is 311 g/mol. The molecule has 7 heteroatoms. The van der Waals surface area contributed by atoms with Crippen LogP contribution in [0.25, 0.3) is 21.3 Å². The summed E-state index contributed by atoms with van der Waals surface area (Å²) >= 11 is 1.56. The van der Waals surface area contributed by atoms with Gasteiger partial charge < -0.3 is 20.8 Å². The van der Waals surface area contributed by atoms with E-state index in [0.717, 1.165) is 37.8 Å². The van der Waals surface area contributed by atoms with Gasteiger partial charge in [-0.25, -0.2) is 9.97 Å². The number of nitrogens with one attached hydrogen (secondary N) is 2. The first-order valence-electron chi connectivity index (χ1n) is 6.69. The Hall–Kier alpha value is -2.80. The van der Waals surface area contributed by atoms with Gasteiger partial charge in [0.05, 0.1) is 23.0 Å². The number of methoxy groups -OCH3 is 1. The van der Waals surface area contributed by atoms with Crippen LogP contribution in [0.2, 0.25) is 0 Å². The molecule has 110 valence electrons. The fourth-order valence-corrected chi connectivity index (χ4v) is 3.28. The number of nitrogens with zero attached hydrogens (tertiary/aromatic N) is 2. The maximum atomic E-state index is 5.73. The molecule has 4 rings (SSSR count). The molecular formula is C15H13N5OS. The van der Waals surface area contributed by atoms with Crippen molar-refractivity contribution in [2.45, 2.75) is 0 Å². The molecular weight excluding hydrogens is 298 g/mol. The number of anilines is 3. The number of thiazole rings is 1. The molecule has 0 aliphatic carbocycles. The van der Waals surface area contributed by atoms with Crippen molar-refractivity contribution >= 4 is 49.4 Å². The van der Waals surface area contributed by atoms with E-state index >= 15 is 0 Å². The van der Waals surface area contributed by atoms with E-state index in [1.54, 1.807) is 18.4 Å². The van der Waals surface area contributed by atoms with Gasteiger partial charge in [0.25, 0.3) is 0 Å². The molecule has 0 aliphatic heterocycles. The number of fused-ring (bicyclic) bond motifs is 3. The van der Waals surface area contributed by atoms with Crippen LogP contribution in [0.3, 0.4) is 0 Å². The smallest absolute Gasteiger partial charge is 0.198 e. The summed E-state index contributed by atoms with van der Waals surface area (Å²) in [6.45, 7) is 0. The molecule has 0 fully saturated rings. The van der Waals surface area contributed by atoms with Crippen LogP contribution in [-0.4, -0.2) is 22.1 Å². The molecule has 0 bridgehead atoms. The highest BCUT2D eigenvalue weighted by atomic mass is 32.1. The van der Waals surface area contributed by atoms with Crippen molar-refractivity contribution in [1.29, 1.82) is 0 Å². The van der Waals surface area contributed by atoms with Gasteiger partial charge in [-0.05, 0) is 24.3 Å². The highest BCUT2D eigenvalue weighted by molar-refractivity contribution is 7.22. The largest absolute Gasteiger partial charge is 0.495 e. The summed E-state index contributed by atoms with van der Waals surface area (Å²) in [7, 11) is 1.65. The number of aromatic nitrogens is 3. The van der Waals surface area contributed by atoms with Gasteiger partial charge >= 0.3 is 0 Å². The Morgan fingerprint density at radius 3 is 2.86 bits per heavy atom. The molecule has 2 aromatic heterocycles. The number of hydrogen-bond donors (Lipinski definition) is 3. The van der Waals surface area contributed by atoms with Crippen LogP contribution in [0.4, 0.5) is 16.8 Å². The molecule has 0 spiro atoms. The van der Waals surface area contributed by atoms with Gasteiger partial charge in [-0.3, -0.25) is 0 Å². The van der Waals surface area contributed by atoms with Crippen LogP contribution in [-0.2, 0) is 0 Å². The third-order valence-corrected chi connectivity index (χ3v) is 4.31. The van der Waals surface area contributed by atoms with Crippen molar-refractivity contribution in [3.8, 4) is 5.75 Å². The summed E-state index contributed by atoms with van der Waals surface area (Å²) in [5.74, 6) is 1.17. The summed E-state index contributed by atoms with van der Waals surface area (Å²) in [5.41, 5.74) is 9.12. The van der Waals surface area contributed by atoms with E-state index in [9.17, 15) is 0 Å². The molecule has 0 radical (unpaired) electrons. The number of nitrogen functional groups attached to an aromatic ring is 1. The lowest BCUT2D eigenvalue weighted by molar-refractivity contribution is 0.417. The molecule has 0 amide bonds. The minimum Gasteiger partial charge on any atom is -0.495 e. The van der Waals surface area contributed by atoms with Crippen molar-refractivity contribution in [1.82, 2.24) is 15.0 Å². The number of benzene rings is 2. The molecule has 22 heavy (non-hydrogen) atoms. The highest BCUT2D eigenvalue weighted by Gasteiger charge is 2.12. The van der Waals surface area contributed by atoms with Crippen molar-refractivity contribution < 1.29 is 4.74 Å². The topological polar surface area (TPSA) is 88.8 Å². The molecule has 2 aromatic carbocycles. The Balaban J connectivity index is 1.81. The maximum absolute atomic E-state index is 5.73. The molecule has 6 nitrogen and oxygen atoms in total. The van der Waals surface area contributed by atoms with Crippen molar-refractivity contribution in [2.75, 3.05) is 18.2 Å². The van der Waals surface area contributed by atoms with E-state index < -0.39 is 0 Å². The molecule has 0 unspecified atom stereocenters. The van der Waals surface area contributed by atoms with Crippen LogP contribution in [0.15, 0.2) is 36.4 Å². The van der Waals surface area contributed by atoms with Crippen molar-refractivity contribution in [3.63, 3.8) is 0 Å². The fourth-order valence-electron chi connectivity index (χ4n) is 2.40. The molecule has 0 saturated carbocycles. The third-order valence-electron chi connectivity index (χ3n) is 3.38. The number of nitrogens with two attached hydrogens (primary N) is 1. The predicted octanol–water partition coefficient (Wildman–Crippen LogP) is 3.51. The van der Waals surface area contributed by atoms with Crippen molar-refractivity contribution in [2.24, 2.45) is 0 Å². The van der Waals surface area contributed by atoms with E-state index in [-0.39, 0.29) is 0 Å². The van der Waals surface area contributed by atoms with Gasteiger partial charge in [-0.2, -0.15) is 0 Å². The molecule has 0 aliphatic rings. The Morgan fingerprint density at radius 2 is 2.00 bits per heavy atom. The molecule has 4 aromatic rings. The predicted molar refractivity (Wildman–Crippen MR) is 90.0 cm³/mol. The third kappa shape index (κ3) is 2.03. The second-order valence-corrected chi connectivity index (χ2v) is 5.81. The van der Waals surface area contributed by atoms with E-state index in [1.165, 1.54) is 0 Å². The minimum atomic E-state index is 0.398. The van der Waals surface area contributed by atoms with E-state index in [0.29, 0.717) is 5.95 Å². The van der Waals surface area contributed by atoms with Crippen LogP contribution in [0.1, 0.15) is 0 Å². The summed E-state index contributed by atoms with van der Waals surface area (Å²) in [6, 6.07) is 11.7. The molecule has 0 saturated heterocycles. The van der Waals surface area contributed by atoms with Crippen LogP contribution in [0, 0.1) is 0 Å². The number of para-hydroxylation sites is 2. The second kappa shape index (κ2) is 4.88. The van der Waals surface area contributed by atoms with Crippen LogP contribution in [0.5, 0.6) is 5.75 Å². The number of hydrogen-bond acceptors (Lipinski definition) is 6. The monoisotopic (exact) mass is 311 g/mol. The summed E-state index contributed by atoms with van der Waals surface area (Å²) in [6.07, 6.45) is 0. The SMILES string of the molecule is COc1ccccc1Nc1nc2c(ccc3[nH]c(N)nc32)s1. The quantitative estimate of drug-likeness (QED) is 0.539.